The number of pyridine rings is 2. The van der Waals surface area contributed by atoms with E-state index in [1.807, 2.05) is 36.0 Å². The lowest BCUT2D eigenvalue weighted by atomic mass is 10.0. The molecule has 9 nitrogen and oxygen atoms in total. The van der Waals surface area contributed by atoms with Crippen LogP contribution >= 0.6 is 0 Å². The molecular formula is C26H28N6O3. The van der Waals surface area contributed by atoms with Gasteiger partial charge in [0.25, 0.3) is 0 Å². The van der Waals surface area contributed by atoms with Gasteiger partial charge in [-0.05, 0) is 44.5 Å². The van der Waals surface area contributed by atoms with Gasteiger partial charge in [-0.1, -0.05) is 6.07 Å². The van der Waals surface area contributed by atoms with Crippen LogP contribution in [0.1, 0.15) is 31.3 Å². The first-order valence-electron chi connectivity index (χ1n) is 11.4. The van der Waals surface area contributed by atoms with Gasteiger partial charge in [-0.2, -0.15) is 5.10 Å². The van der Waals surface area contributed by atoms with Crippen LogP contribution in [-0.4, -0.2) is 43.1 Å². The largest absolute Gasteiger partial charge is 0.495 e. The summed E-state index contributed by atoms with van der Waals surface area (Å²) in [7, 11) is 5.02. The molecule has 0 aliphatic heterocycles. The van der Waals surface area contributed by atoms with Crippen molar-refractivity contribution in [2.24, 2.45) is 7.05 Å². The normalized spacial score (nSPS) is 11.7. The van der Waals surface area contributed by atoms with E-state index in [4.69, 9.17) is 9.47 Å². The third-order valence-electron chi connectivity index (χ3n) is 6.31. The highest BCUT2D eigenvalue weighted by Gasteiger charge is 2.20. The molecule has 1 aromatic carbocycles. The zero-order chi connectivity index (χ0) is 24.9. The van der Waals surface area contributed by atoms with Crippen molar-refractivity contribution in [2.75, 3.05) is 14.2 Å². The SMILES string of the molecule is COCc1ncc(-c2ccc3ncc4c(c3c2)n(-c2cn(C(C)C)nc2C)c(=O)n4C)cc1OC. The summed E-state index contributed by atoms with van der Waals surface area (Å²) >= 11 is 0. The van der Waals surface area contributed by atoms with Crippen molar-refractivity contribution in [3.63, 3.8) is 0 Å². The zero-order valence-corrected chi connectivity index (χ0v) is 20.7. The van der Waals surface area contributed by atoms with Crippen molar-refractivity contribution < 1.29 is 9.47 Å². The average Bonchev–Trinajstić information content (AvgIpc) is 3.36. The van der Waals surface area contributed by atoms with Gasteiger partial charge in [-0.25, -0.2) is 4.79 Å². The Balaban J connectivity index is 1.78. The number of methoxy groups -OCH3 is 2. The monoisotopic (exact) mass is 472 g/mol. The van der Waals surface area contributed by atoms with Gasteiger partial charge in [0.05, 0.1) is 47.8 Å². The minimum Gasteiger partial charge on any atom is -0.495 e. The Morgan fingerprint density at radius 1 is 1.06 bits per heavy atom. The molecule has 0 saturated heterocycles. The van der Waals surface area contributed by atoms with E-state index < -0.39 is 0 Å². The number of benzene rings is 1. The number of hydrogen-bond acceptors (Lipinski definition) is 6. The summed E-state index contributed by atoms with van der Waals surface area (Å²) in [6.07, 6.45) is 5.49. The van der Waals surface area contributed by atoms with Crippen LogP contribution in [-0.2, 0) is 18.4 Å². The van der Waals surface area contributed by atoms with E-state index in [2.05, 4.69) is 35.0 Å². The second-order valence-corrected chi connectivity index (χ2v) is 8.88. The number of fused-ring (bicyclic) bond motifs is 3. The molecule has 0 bridgehead atoms. The molecular weight excluding hydrogens is 444 g/mol. The summed E-state index contributed by atoms with van der Waals surface area (Å²) in [5.41, 5.74) is 6.33. The van der Waals surface area contributed by atoms with Crippen molar-refractivity contribution >= 4 is 21.9 Å². The maximum Gasteiger partial charge on any atom is 0.333 e. The third kappa shape index (κ3) is 3.68. The van der Waals surface area contributed by atoms with E-state index in [0.717, 1.165) is 50.1 Å². The van der Waals surface area contributed by atoms with Gasteiger partial charge in [0.1, 0.15) is 11.4 Å². The molecule has 35 heavy (non-hydrogen) atoms. The van der Waals surface area contributed by atoms with Crippen LogP contribution in [0.3, 0.4) is 0 Å². The van der Waals surface area contributed by atoms with E-state index in [1.54, 1.807) is 42.8 Å². The standard InChI is InChI=1S/C26H28N6O3/c1-15(2)31-13-23(16(3)29-31)32-25-19-9-17(18-10-24(35-6)21(14-34-5)27-11-18)7-8-20(19)28-12-22(25)30(4)26(32)33/h7-13,15H,14H2,1-6H3. The van der Waals surface area contributed by atoms with Crippen LogP contribution in [0.15, 0.2) is 47.7 Å². The van der Waals surface area contributed by atoms with Gasteiger partial charge >= 0.3 is 5.69 Å². The second kappa shape index (κ2) is 8.66. The predicted octanol–water partition coefficient (Wildman–Crippen LogP) is 4.18. The number of imidazole rings is 1. The fourth-order valence-electron chi connectivity index (χ4n) is 4.41. The van der Waals surface area contributed by atoms with Crippen LogP contribution in [0.5, 0.6) is 5.75 Å². The van der Waals surface area contributed by atoms with Crippen LogP contribution in [0.25, 0.3) is 38.8 Å². The molecule has 4 aromatic heterocycles. The minimum atomic E-state index is -0.140. The van der Waals surface area contributed by atoms with Gasteiger partial charge in [0.15, 0.2) is 0 Å². The number of rotatable bonds is 6. The van der Waals surface area contributed by atoms with E-state index in [0.29, 0.717) is 12.4 Å². The van der Waals surface area contributed by atoms with Crippen LogP contribution in [0, 0.1) is 6.92 Å². The van der Waals surface area contributed by atoms with Gasteiger partial charge in [0.2, 0.25) is 0 Å². The van der Waals surface area contributed by atoms with Gasteiger partial charge in [-0.3, -0.25) is 23.8 Å². The summed E-state index contributed by atoms with van der Waals surface area (Å²) in [6.45, 7) is 6.42. The predicted molar refractivity (Wildman–Crippen MR) is 135 cm³/mol. The van der Waals surface area contributed by atoms with E-state index in [-0.39, 0.29) is 11.7 Å². The van der Waals surface area contributed by atoms with Gasteiger partial charge in [0, 0.05) is 43.5 Å². The summed E-state index contributed by atoms with van der Waals surface area (Å²) in [5.74, 6) is 0.661. The van der Waals surface area contributed by atoms with E-state index in [9.17, 15) is 4.79 Å². The Hall–Kier alpha value is -3.98. The molecule has 0 saturated carbocycles. The Morgan fingerprint density at radius 2 is 1.86 bits per heavy atom. The molecule has 0 fully saturated rings. The van der Waals surface area contributed by atoms with Crippen molar-refractivity contribution in [1.82, 2.24) is 28.9 Å². The zero-order valence-electron chi connectivity index (χ0n) is 20.7. The number of ether oxygens (including phenoxy) is 2. The Labute approximate surface area is 202 Å². The minimum absolute atomic E-state index is 0.140. The lowest BCUT2D eigenvalue weighted by Gasteiger charge is -2.11. The topological polar surface area (TPSA) is 89.0 Å². The number of aromatic nitrogens is 6. The molecule has 5 aromatic rings. The highest BCUT2D eigenvalue weighted by molar-refractivity contribution is 6.04. The molecule has 4 heterocycles. The molecule has 0 atom stereocenters. The molecule has 0 radical (unpaired) electrons. The molecule has 0 N–H and O–H groups in total. The summed E-state index contributed by atoms with van der Waals surface area (Å²) in [6, 6.07) is 8.15. The summed E-state index contributed by atoms with van der Waals surface area (Å²) < 4.78 is 16.0. The van der Waals surface area contributed by atoms with Crippen LogP contribution < -0.4 is 10.4 Å². The van der Waals surface area contributed by atoms with Crippen LogP contribution in [0.4, 0.5) is 0 Å². The Morgan fingerprint density at radius 3 is 2.54 bits per heavy atom. The first-order chi connectivity index (χ1) is 16.8. The smallest absolute Gasteiger partial charge is 0.333 e. The van der Waals surface area contributed by atoms with Crippen molar-refractivity contribution in [3.8, 4) is 22.6 Å². The second-order valence-electron chi connectivity index (χ2n) is 8.88. The fraction of sp³-hybridized carbons (Fsp3) is 0.308. The summed E-state index contributed by atoms with van der Waals surface area (Å²) in [4.78, 5) is 22.6. The van der Waals surface area contributed by atoms with Crippen molar-refractivity contribution in [1.29, 1.82) is 0 Å². The first-order valence-corrected chi connectivity index (χ1v) is 11.4. The highest BCUT2D eigenvalue weighted by atomic mass is 16.5. The van der Waals surface area contributed by atoms with Gasteiger partial charge in [-0.15, -0.1) is 0 Å². The Bertz CT molecular complexity index is 1630. The molecule has 180 valence electrons. The van der Waals surface area contributed by atoms with Crippen molar-refractivity contribution in [3.05, 3.63) is 64.7 Å². The number of hydrogen-bond donors (Lipinski definition) is 0. The lowest BCUT2D eigenvalue weighted by Crippen LogP contribution is -2.21. The fourth-order valence-corrected chi connectivity index (χ4v) is 4.41. The third-order valence-corrected chi connectivity index (χ3v) is 6.31. The molecule has 9 heteroatoms. The van der Waals surface area contributed by atoms with Crippen molar-refractivity contribution in [2.45, 2.75) is 33.4 Å². The first kappa shape index (κ1) is 22.8. The molecule has 0 spiro atoms. The summed E-state index contributed by atoms with van der Waals surface area (Å²) in [5, 5.41) is 5.50. The van der Waals surface area contributed by atoms with E-state index >= 15 is 0 Å². The highest BCUT2D eigenvalue weighted by Crippen LogP contribution is 2.32. The maximum absolute atomic E-state index is 13.4. The molecule has 0 unspecified atom stereocenters. The van der Waals surface area contributed by atoms with E-state index in [1.165, 1.54) is 0 Å². The molecule has 0 aliphatic rings. The number of nitrogens with zero attached hydrogens (tertiary/aromatic N) is 6. The number of aryl methyl sites for hydroxylation is 2. The van der Waals surface area contributed by atoms with Crippen LogP contribution in [0.2, 0.25) is 0 Å². The quantitative estimate of drug-likeness (QED) is 0.368. The molecule has 0 amide bonds. The van der Waals surface area contributed by atoms with Gasteiger partial charge < -0.3 is 9.47 Å². The lowest BCUT2D eigenvalue weighted by molar-refractivity contribution is 0.178. The molecule has 5 rings (SSSR count). The molecule has 0 aliphatic carbocycles. The maximum atomic E-state index is 13.4. The average molecular weight is 473 g/mol. The Kier molecular flexibility index (Phi) is 5.64.